The molecule has 1 aliphatic rings. The minimum absolute atomic E-state index is 0.163. The van der Waals surface area contributed by atoms with Gasteiger partial charge in [0.05, 0.1) is 6.10 Å². The maximum atomic E-state index is 13.0. The molecule has 1 N–H and O–H groups in total. The molecule has 1 aromatic carbocycles. The Kier molecular flexibility index (Phi) is 3.26. The number of hydrogen-bond acceptors (Lipinski definition) is 2. The van der Waals surface area contributed by atoms with Crippen molar-refractivity contribution in [2.24, 2.45) is 5.92 Å². The van der Waals surface area contributed by atoms with Crippen LogP contribution < -0.4 is 0 Å². The number of hydrogen-bond donors (Lipinski definition) is 1. The molecule has 2 nitrogen and oxygen atoms in total. The number of ether oxygens (including phenoxy) is 1. The van der Waals surface area contributed by atoms with Crippen molar-refractivity contribution < 1.29 is 14.2 Å². The number of aliphatic hydroxyl groups excluding tert-OH is 1. The van der Waals surface area contributed by atoms with Gasteiger partial charge in [0.15, 0.2) is 0 Å². The fourth-order valence-electron chi connectivity index (χ4n) is 2.15. The van der Waals surface area contributed by atoms with Crippen LogP contribution in [0.5, 0.6) is 0 Å². The third kappa shape index (κ3) is 2.25. The van der Waals surface area contributed by atoms with Crippen LogP contribution in [0.1, 0.15) is 30.1 Å². The van der Waals surface area contributed by atoms with E-state index in [2.05, 4.69) is 0 Å². The molecule has 1 fully saturated rings. The van der Waals surface area contributed by atoms with Crippen molar-refractivity contribution in [1.82, 2.24) is 0 Å². The van der Waals surface area contributed by atoms with Crippen molar-refractivity contribution in [3.63, 3.8) is 0 Å². The molecule has 0 bridgehead atoms. The van der Waals surface area contributed by atoms with Crippen LogP contribution in [-0.4, -0.2) is 18.3 Å². The number of benzene rings is 1. The number of rotatable bonds is 4. The fourth-order valence-corrected chi connectivity index (χ4v) is 2.15. The van der Waals surface area contributed by atoms with Crippen LogP contribution in [0.15, 0.2) is 18.2 Å². The molecule has 1 aliphatic carbocycles. The molecule has 3 heteroatoms. The summed E-state index contributed by atoms with van der Waals surface area (Å²) in [6, 6.07) is 4.47. The molecule has 16 heavy (non-hydrogen) atoms. The first-order chi connectivity index (χ1) is 7.63. The minimum atomic E-state index is -0.655. The van der Waals surface area contributed by atoms with Gasteiger partial charge >= 0.3 is 0 Å². The monoisotopic (exact) mass is 224 g/mol. The third-order valence-electron chi connectivity index (χ3n) is 3.22. The maximum absolute atomic E-state index is 13.0. The Hall–Kier alpha value is -0.930. The van der Waals surface area contributed by atoms with Crippen LogP contribution >= 0.6 is 0 Å². The molecule has 1 aromatic rings. The second-order valence-corrected chi connectivity index (χ2v) is 4.48. The predicted molar refractivity (Wildman–Crippen MR) is 59.6 cm³/mol. The smallest absolute Gasteiger partial charge is 0.123 e. The molecule has 1 saturated carbocycles. The van der Waals surface area contributed by atoms with Gasteiger partial charge in [-0.2, -0.15) is 0 Å². The normalized spacial score (nSPS) is 19.5. The van der Waals surface area contributed by atoms with E-state index in [-0.39, 0.29) is 11.9 Å². The molecule has 2 unspecified atom stereocenters. The van der Waals surface area contributed by atoms with Crippen molar-refractivity contribution >= 4 is 0 Å². The second kappa shape index (κ2) is 4.52. The van der Waals surface area contributed by atoms with E-state index in [0.29, 0.717) is 5.92 Å². The van der Waals surface area contributed by atoms with Gasteiger partial charge in [0.25, 0.3) is 0 Å². The lowest BCUT2D eigenvalue weighted by Gasteiger charge is -2.23. The zero-order chi connectivity index (χ0) is 11.7. The first-order valence-electron chi connectivity index (χ1n) is 5.60. The summed E-state index contributed by atoms with van der Waals surface area (Å²) >= 11 is 0. The van der Waals surface area contributed by atoms with Crippen molar-refractivity contribution in [2.75, 3.05) is 7.11 Å². The van der Waals surface area contributed by atoms with E-state index < -0.39 is 6.10 Å². The van der Waals surface area contributed by atoms with Gasteiger partial charge < -0.3 is 9.84 Å². The number of methoxy groups -OCH3 is 1. The summed E-state index contributed by atoms with van der Waals surface area (Å²) in [6.45, 7) is 1.81. The lowest BCUT2D eigenvalue weighted by molar-refractivity contribution is -0.0262. The largest absolute Gasteiger partial charge is 0.386 e. The highest BCUT2D eigenvalue weighted by Crippen LogP contribution is 2.40. The number of aliphatic hydroxyl groups is 1. The summed E-state index contributed by atoms with van der Waals surface area (Å²) in [6.07, 6.45) is 1.40. The van der Waals surface area contributed by atoms with E-state index in [0.717, 1.165) is 24.0 Å². The van der Waals surface area contributed by atoms with Crippen LogP contribution in [0, 0.1) is 18.7 Å². The fraction of sp³-hybridized carbons (Fsp3) is 0.538. The van der Waals surface area contributed by atoms with Gasteiger partial charge in [-0.1, -0.05) is 6.07 Å². The highest BCUT2D eigenvalue weighted by Gasteiger charge is 2.37. The van der Waals surface area contributed by atoms with E-state index in [1.165, 1.54) is 12.1 Å². The number of halogens is 1. The highest BCUT2D eigenvalue weighted by molar-refractivity contribution is 5.29. The van der Waals surface area contributed by atoms with Crippen LogP contribution in [0.4, 0.5) is 4.39 Å². The molecule has 0 amide bonds. The summed E-state index contributed by atoms with van der Waals surface area (Å²) in [5, 5.41) is 10.2. The summed E-state index contributed by atoms with van der Waals surface area (Å²) < 4.78 is 18.3. The van der Waals surface area contributed by atoms with Gasteiger partial charge in [-0.25, -0.2) is 4.39 Å². The van der Waals surface area contributed by atoms with Crippen LogP contribution in [-0.2, 0) is 4.74 Å². The average Bonchev–Trinajstić information content (AvgIpc) is 3.02. The second-order valence-electron chi connectivity index (χ2n) is 4.48. The zero-order valence-corrected chi connectivity index (χ0v) is 9.61. The molecule has 0 aliphatic heterocycles. The first-order valence-corrected chi connectivity index (χ1v) is 5.60. The van der Waals surface area contributed by atoms with E-state index in [9.17, 15) is 9.50 Å². The average molecular weight is 224 g/mol. The topological polar surface area (TPSA) is 29.5 Å². The molecule has 0 radical (unpaired) electrons. The molecule has 2 atom stereocenters. The minimum Gasteiger partial charge on any atom is -0.386 e. The summed E-state index contributed by atoms with van der Waals surface area (Å²) in [5.41, 5.74) is 1.54. The Labute approximate surface area is 95.1 Å². The van der Waals surface area contributed by atoms with Gasteiger partial charge in [-0.15, -0.1) is 0 Å². The summed E-state index contributed by atoms with van der Waals surface area (Å²) in [4.78, 5) is 0. The van der Waals surface area contributed by atoms with Gasteiger partial charge in [-0.05, 0) is 48.9 Å². The van der Waals surface area contributed by atoms with Crippen molar-refractivity contribution in [2.45, 2.75) is 32.0 Å². The SMILES string of the molecule is COC(C1CC1)C(O)c1ccc(F)cc1C. The molecule has 0 heterocycles. The summed E-state index contributed by atoms with van der Waals surface area (Å²) in [7, 11) is 1.62. The quantitative estimate of drug-likeness (QED) is 0.851. The Balaban J connectivity index is 2.21. The van der Waals surface area contributed by atoms with Gasteiger partial charge in [0.1, 0.15) is 11.9 Å². The van der Waals surface area contributed by atoms with E-state index in [1.54, 1.807) is 20.1 Å². The van der Waals surface area contributed by atoms with Gasteiger partial charge in [0.2, 0.25) is 0 Å². The maximum Gasteiger partial charge on any atom is 0.123 e. The molecule has 0 aromatic heterocycles. The highest BCUT2D eigenvalue weighted by atomic mass is 19.1. The Morgan fingerprint density at radius 1 is 1.44 bits per heavy atom. The molecular formula is C13H17FO2. The first kappa shape index (κ1) is 11.6. The molecular weight excluding hydrogens is 207 g/mol. The zero-order valence-electron chi connectivity index (χ0n) is 9.61. The van der Waals surface area contributed by atoms with Gasteiger partial charge in [0, 0.05) is 7.11 Å². The number of aryl methyl sites for hydroxylation is 1. The van der Waals surface area contributed by atoms with Crippen LogP contribution in [0.2, 0.25) is 0 Å². The standard InChI is InChI=1S/C13H17FO2/c1-8-7-10(14)5-6-11(8)12(15)13(16-2)9-3-4-9/h5-7,9,12-13,15H,3-4H2,1-2H3. The lowest BCUT2D eigenvalue weighted by atomic mass is 9.97. The molecule has 0 saturated heterocycles. The van der Waals surface area contributed by atoms with Crippen LogP contribution in [0.25, 0.3) is 0 Å². The molecule has 88 valence electrons. The lowest BCUT2D eigenvalue weighted by Crippen LogP contribution is -2.23. The predicted octanol–water partition coefficient (Wildman–Crippen LogP) is 2.59. The Morgan fingerprint density at radius 2 is 2.12 bits per heavy atom. The van der Waals surface area contributed by atoms with E-state index >= 15 is 0 Å². The van der Waals surface area contributed by atoms with Gasteiger partial charge in [-0.3, -0.25) is 0 Å². The molecule has 2 rings (SSSR count). The van der Waals surface area contributed by atoms with E-state index in [1.807, 2.05) is 0 Å². The van der Waals surface area contributed by atoms with Crippen LogP contribution in [0.3, 0.4) is 0 Å². The summed E-state index contributed by atoms with van der Waals surface area (Å²) in [5.74, 6) is 0.179. The van der Waals surface area contributed by atoms with Crippen molar-refractivity contribution in [1.29, 1.82) is 0 Å². The van der Waals surface area contributed by atoms with E-state index in [4.69, 9.17) is 4.74 Å². The van der Waals surface area contributed by atoms with Crippen molar-refractivity contribution in [3.8, 4) is 0 Å². The molecule has 0 spiro atoms. The van der Waals surface area contributed by atoms with Crippen molar-refractivity contribution in [3.05, 3.63) is 35.1 Å². The third-order valence-corrected chi connectivity index (χ3v) is 3.22. The Morgan fingerprint density at radius 3 is 2.62 bits per heavy atom. The Bertz CT molecular complexity index is 374.